The molecule has 9 heteroatoms. The van der Waals surface area contributed by atoms with Crippen LogP contribution in [0.2, 0.25) is 5.02 Å². The van der Waals surface area contributed by atoms with Gasteiger partial charge >= 0.3 is 0 Å². The molecular formula is C21H26ClFN4O3. The zero-order valence-corrected chi connectivity index (χ0v) is 18.3. The summed E-state index contributed by atoms with van der Waals surface area (Å²) in [6.45, 7) is 9.69. The Balaban J connectivity index is 1.71. The number of hydrogen-bond acceptors (Lipinski definition) is 5. The van der Waals surface area contributed by atoms with Gasteiger partial charge in [0.1, 0.15) is 22.8 Å². The lowest BCUT2D eigenvalue weighted by molar-refractivity contribution is -0.124. The highest BCUT2D eigenvalue weighted by Crippen LogP contribution is 2.34. The van der Waals surface area contributed by atoms with Crippen molar-refractivity contribution in [3.63, 3.8) is 0 Å². The molecule has 2 aromatic rings. The highest BCUT2D eigenvalue weighted by Gasteiger charge is 2.31. The van der Waals surface area contributed by atoms with Crippen molar-refractivity contribution in [2.24, 2.45) is 0 Å². The molecule has 0 saturated carbocycles. The number of hydrogen-bond donors (Lipinski definition) is 1. The molecule has 162 valence electrons. The minimum atomic E-state index is -0.570. The van der Waals surface area contributed by atoms with Gasteiger partial charge in [-0.1, -0.05) is 22.8 Å². The van der Waals surface area contributed by atoms with E-state index in [2.05, 4.69) is 10.5 Å². The number of aryl methyl sites for hydroxylation is 1. The molecule has 2 amide bonds. The van der Waals surface area contributed by atoms with Gasteiger partial charge in [0.25, 0.3) is 5.91 Å². The van der Waals surface area contributed by atoms with Gasteiger partial charge in [-0.2, -0.15) is 0 Å². The maximum Gasteiger partial charge on any atom is 0.259 e. The van der Waals surface area contributed by atoms with Crippen molar-refractivity contribution in [2.75, 3.05) is 32.7 Å². The lowest BCUT2D eigenvalue weighted by Gasteiger charge is -2.35. The van der Waals surface area contributed by atoms with E-state index in [0.717, 1.165) is 0 Å². The summed E-state index contributed by atoms with van der Waals surface area (Å²) < 4.78 is 19.6. The Bertz CT molecular complexity index is 926. The van der Waals surface area contributed by atoms with Crippen LogP contribution in [0.5, 0.6) is 0 Å². The van der Waals surface area contributed by atoms with Crippen molar-refractivity contribution in [3.05, 3.63) is 40.4 Å². The van der Waals surface area contributed by atoms with Gasteiger partial charge in [-0.3, -0.25) is 14.5 Å². The third-order valence-electron chi connectivity index (χ3n) is 4.82. The first-order valence-electron chi connectivity index (χ1n) is 9.80. The summed E-state index contributed by atoms with van der Waals surface area (Å²) in [5, 5.41) is 7.00. The number of piperazine rings is 1. The van der Waals surface area contributed by atoms with E-state index in [0.29, 0.717) is 31.9 Å². The smallest absolute Gasteiger partial charge is 0.259 e. The molecule has 0 aliphatic carbocycles. The van der Waals surface area contributed by atoms with Gasteiger partial charge in [-0.05, 0) is 39.8 Å². The third kappa shape index (κ3) is 4.99. The molecule has 0 spiro atoms. The van der Waals surface area contributed by atoms with Crippen molar-refractivity contribution >= 4 is 23.4 Å². The highest BCUT2D eigenvalue weighted by atomic mass is 35.5. The molecule has 3 rings (SSSR count). The molecule has 1 aromatic carbocycles. The van der Waals surface area contributed by atoms with E-state index < -0.39 is 5.82 Å². The lowest BCUT2D eigenvalue weighted by atomic mass is 10.0. The summed E-state index contributed by atoms with van der Waals surface area (Å²) in [7, 11) is 0. The number of carbonyl (C=O) groups excluding carboxylic acids is 2. The quantitative estimate of drug-likeness (QED) is 0.796. The fourth-order valence-electron chi connectivity index (χ4n) is 3.45. The van der Waals surface area contributed by atoms with Crippen molar-refractivity contribution in [1.29, 1.82) is 0 Å². The molecule has 1 aromatic heterocycles. The monoisotopic (exact) mass is 436 g/mol. The molecule has 0 bridgehead atoms. The standard InChI is InChI=1S/C21H26ClFN4O3/c1-13-17(19(25-30-13)18-14(22)6-5-7-15(18)23)20(29)27-10-8-26(9-11-27)12-16(28)24-21(2,3)4/h5-7H,8-12H2,1-4H3,(H,24,28). The van der Waals surface area contributed by atoms with Crippen LogP contribution in [0.1, 0.15) is 36.9 Å². The van der Waals surface area contributed by atoms with Crippen LogP contribution < -0.4 is 5.32 Å². The summed E-state index contributed by atoms with van der Waals surface area (Å²) in [5.74, 6) is -0.601. The van der Waals surface area contributed by atoms with E-state index >= 15 is 0 Å². The number of nitrogens with one attached hydrogen (secondary N) is 1. The molecule has 30 heavy (non-hydrogen) atoms. The maximum atomic E-state index is 14.4. The van der Waals surface area contributed by atoms with Crippen LogP contribution in [0.3, 0.4) is 0 Å². The van der Waals surface area contributed by atoms with Gasteiger partial charge in [0.2, 0.25) is 5.91 Å². The molecule has 1 fully saturated rings. The average Bonchev–Trinajstić information content (AvgIpc) is 3.01. The van der Waals surface area contributed by atoms with Crippen molar-refractivity contribution in [2.45, 2.75) is 33.2 Å². The topological polar surface area (TPSA) is 78.7 Å². The largest absolute Gasteiger partial charge is 0.360 e. The Morgan fingerprint density at radius 1 is 1.23 bits per heavy atom. The second-order valence-electron chi connectivity index (χ2n) is 8.43. The molecule has 0 unspecified atom stereocenters. The molecule has 1 aliphatic rings. The molecular weight excluding hydrogens is 411 g/mol. The first kappa shape index (κ1) is 22.2. The van der Waals surface area contributed by atoms with Crippen LogP contribution in [-0.4, -0.2) is 65.0 Å². The van der Waals surface area contributed by atoms with E-state index in [1.807, 2.05) is 25.7 Å². The third-order valence-corrected chi connectivity index (χ3v) is 5.13. The fourth-order valence-corrected chi connectivity index (χ4v) is 3.70. The number of halogens is 2. The van der Waals surface area contributed by atoms with E-state index in [9.17, 15) is 14.0 Å². The zero-order valence-electron chi connectivity index (χ0n) is 17.6. The number of carbonyl (C=O) groups is 2. The number of benzene rings is 1. The molecule has 0 radical (unpaired) electrons. The van der Waals surface area contributed by atoms with Gasteiger partial charge in [0, 0.05) is 31.7 Å². The van der Waals surface area contributed by atoms with Crippen molar-refractivity contribution in [1.82, 2.24) is 20.3 Å². The van der Waals surface area contributed by atoms with Crippen LogP contribution >= 0.6 is 11.6 Å². The fraction of sp³-hybridized carbons (Fsp3) is 0.476. The Morgan fingerprint density at radius 2 is 1.90 bits per heavy atom. The van der Waals surface area contributed by atoms with E-state index in [4.69, 9.17) is 16.1 Å². The highest BCUT2D eigenvalue weighted by molar-refractivity contribution is 6.33. The normalized spacial score (nSPS) is 15.3. The van der Waals surface area contributed by atoms with Crippen LogP contribution in [0.15, 0.2) is 22.7 Å². The van der Waals surface area contributed by atoms with Gasteiger partial charge in [-0.15, -0.1) is 0 Å². The van der Waals surface area contributed by atoms with Gasteiger partial charge in [0.05, 0.1) is 17.1 Å². The first-order chi connectivity index (χ1) is 14.1. The lowest BCUT2D eigenvalue weighted by Crippen LogP contribution is -2.52. The Morgan fingerprint density at radius 3 is 2.50 bits per heavy atom. The molecule has 1 N–H and O–H groups in total. The molecule has 2 heterocycles. The van der Waals surface area contributed by atoms with Crippen molar-refractivity contribution in [3.8, 4) is 11.3 Å². The minimum absolute atomic E-state index is 0.0476. The first-order valence-corrected chi connectivity index (χ1v) is 10.2. The second-order valence-corrected chi connectivity index (χ2v) is 8.83. The van der Waals surface area contributed by atoms with Crippen LogP contribution in [-0.2, 0) is 4.79 Å². The molecule has 7 nitrogen and oxygen atoms in total. The number of rotatable bonds is 4. The Kier molecular flexibility index (Phi) is 6.47. The number of amides is 2. The van der Waals surface area contributed by atoms with Crippen LogP contribution in [0.4, 0.5) is 4.39 Å². The summed E-state index contributed by atoms with van der Waals surface area (Å²) in [6.07, 6.45) is 0. The zero-order chi connectivity index (χ0) is 22.1. The number of aromatic nitrogens is 1. The molecule has 1 saturated heterocycles. The minimum Gasteiger partial charge on any atom is -0.360 e. The average molecular weight is 437 g/mol. The second kappa shape index (κ2) is 8.73. The summed E-state index contributed by atoms with van der Waals surface area (Å²) in [6, 6.07) is 4.30. The van der Waals surface area contributed by atoms with Crippen molar-refractivity contribution < 1.29 is 18.5 Å². The molecule has 1 aliphatic heterocycles. The predicted molar refractivity (Wildman–Crippen MR) is 112 cm³/mol. The van der Waals surface area contributed by atoms with Crippen LogP contribution in [0, 0.1) is 12.7 Å². The van der Waals surface area contributed by atoms with E-state index in [-0.39, 0.29) is 45.7 Å². The summed E-state index contributed by atoms with van der Waals surface area (Å²) in [5.41, 5.74) is 0.0794. The van der Waals surface area contributed by atoms with E-state index in [1.165, 1.54) is 12.1 Å². The predicted octanol–water partition coefficient (Wildman–Crippen LogP) is 3.12. The SMILES string of the molecule is Cc1onc(-c2c(F)cccc2Cl)c1C(=O)N1CCN(CC(=O)NC(C)(C)C)CC1. The Labute approximate surface area is 180 Å². The Hall–Kier alpha value is -2.45. The number of nitrogens with zero attached hydrogens (tertiary/aromatic N) is 3. The van der Waals surface area contributed by atoms with Gasteiger partial charge in [0.15, 0.2) is 0 Å². The summed E-state index contributed by atoms with van der Waals surface area (Å²) >= 11 is 6.16. The van der Waals surface area contributed by atoms with Crippen LogP contribution in [0.25, 0.3) is 11.3 Å². The van der Waals surface area contributed by atoms with Gasteiger partial charge < -0.3 is 14.7 Å². The summed E-state index contributed by atoms with van der Waals surface area (Å²) in [4.78, 5) is 29.0. The molecule has 0 atom stereocenters. The maximum absolute atomic E-state index is 14.4. The van der Waals surface area contributed by atoms with E-state index in [1.54, 1.807) is 17.9 Å². The van der Waals surface area contributed by atoms with Gasteiger partial charge in [-0.25, -0.2) is 4.39 Å².